The lowest BCUT2D eigenvalue weighted by Crippen LogP contribution is -1.94. The normalized spacial score (nSPS) is 10.6. The summed E-state index contributed by atoms with van der Waals surface area (Å²) in [6.45, 7) is 0. The third-order valence-corrected chi connectivity index (χ3v) is 2.80. The van der Waals surface area contributed by atoms with Crippen molar-refractivity contribution >= 4 is 16.6 Å². The molecule has 2 aromatic carbocycles. The number of hydrogen-bond donors (Lipinski definition) is 1. The Labute approximate surface area is 109 Å². The van der Waals surface area contributed by atoms with E-state index in [9.17, 15) is 4.39 Å². The van der Waals surface area contributed by atoms with Crippen molar-refractivity contribution in [3.05, 3.63) is 60.5 Å². The number of ether oxygens (including phenoxy) is 1. The van der Waals surface area contributed by atoms with Crippen molar-refractivity contribution < 1.29 is 9.13 Å². The highest BCUT2D eigenvalue weighted by atomic mass is 19.1. The third-order valence-electron chi connectivity index (χ3n) is 2.80. The summed E-state index contributed by atoms with van der Waals surface area (Å²) in [5.74, 6) is 0.686. The molecule has 0 atom stereocenters. The number of para-hydroxylation sites is 1. The monoisotopic (exact) mass is 254 g/mol. The molecule has 2 N–H and O–H groups in total. The van der Waals surface area contributed by atoms with Gasteiger partial charge >= 0.3 is 0 Å². The predicted octanol–water partition coefficient (Wildman–Crippen LogP) is 3.75. The Morgan fingerprint density at radius 3 is 2.68 bits per heavy atom. The SMILES string of the molecule is Nc1cc(F)ccc1Oc1ccnc2ccccc12. The fourth-order valence-corrected chi connectivity index (χ4v) is 1.89. The van der Waals surface area contributed by atoms with Crippen LogP contribution in [0.2, 0.25) is 0 Å². The summed E-state index contributed by atoms with van der Waals surface area (Å²) in [5.41, 5.74) is 6.83. The maximum Gasteiger partial charge on any atom is 0.150 e. The summed E-state index contributed by atoms with van der Waals surface area (Å²) >= 11 is 0. The Balaban J connectivity index is 2.06. The molecule has 0 amide bonds. The van der Waals surface area contributed by atoms with Crippen LogP contribution in [0.5, 0.6) is 11.5 Å². The van der Waals surface area contributed by atoms with Gasteiger partial charge < -0.3 is 10.5 Å². The Morgan fingerprint density at radius 2 is 1.84 bits per heavy atom. The molecule has 0 aliphatic heterocycles. The molecule has 0 radical (unpaired) electrons. The summed E-state index contributed by atoms with van der Waals surface area (Å²) in [7, 11) is 0. The minimum Gasteiger partial charge on any atom is -0.454 e. The smallest absolute Gasteiger partial charge is 0.150 e. The summed E-state index contributed by atoms with van der Waals surface area (Å²) in [4.78, 5) is 4.25. The second kappa shape index (κ2) is 4.57. The average Bonchev–Trinajstić information content (AvgIpc) is 2.42. The van der Waals surface area contributed by atoms with Crippen molar-refractivity contribution in [1.82, 2.24) is 4.98 Å². The van der Waals surface area contributed by atoms with Gasteiger partial charge in [0.25, 0.3) is 0 Å². The summed E-state index contributed by atoms with van der Waals surface area (Å²) < 4.78 is 18.7. The highest BCUT2D eigenvalue weighted by molar-refractivity contribution is 5.85. The topological polar surface area (TPSA) is 48.1 Å². The molecule has 1 heterocycles. The average molecular weight is 254 g/mol. The van der Waals surface area contributed by atoms with E-state index in [0.717, 1.165) is 10.9 Å². The van der Waals surface area contributed by atoms with Crippen LogP contribution in [0.15, 0.2) is 54.7 Å². The van der Waals surface area contributed by atoms with E-state index >= 15 is 0 Å². The number of nitrogens with two attached hydrogens (primary N) is 1. The summed E-state index contributed by atoms with van der Waals surface area (Å²) in [6.07, 6.45) is 1.66. The van der Waals surface area contributed by atoms with Gasteiger partial charge in [-0.2, -0.15) is 0 Å². The van der Waals surface area contributed by atoms with E-state index in [-0.39, 0.29) is 11.5 Å². The van der Waals surface area contributed by atoms with E-state index < -0.39 is 0 Å². The van der Waals surface area contributed by atoms with Crippen molar-refractivity contribution in [2.45, 2.75) is 0 Å². The highest BCUT2D eigenvalue weighted by Crippen LogP contribution is 2.31. The largest absolute Gasteiger partial charge is 0.454 e. The maximum absolute atomic E-state index is 13.0. The molecule has 0 spiro atoms. The summed E-state index contributed by atoms with van der Waals surface area (Å²) in [6, 6.07) is 13.4. The predicted molar refractivity (Wildman–Crippen MR) is 72.6 cm³/mol. The number of pyridine rings is 1. The number of anilines is 1. The van der Waals surface area contributed by atoms with Gasteiger partial charge in [-0.05, 0) is 30.3 Å². The van der Waals surface area contributed by atoms with Crippen LogP contribution in [-0.2, 0) is 0 Å². The van der Waals surface area contributed by atoms with Crippen LogP contribution in [0.4, 0.5) is 10.1 Å². The van der Waals surface area contributed by atoms with Gasteiger partial charge in [0.1, 0.15) is 11.6 Å². The Hall–Kier alpha value is -2.62. The first-order valence-corrected chi connectivity index (χ1v) is 5.81. The van der Waals surface area contributed by atoms with Crippen LogP contribution in [-0.4, -0.2) is 4.98 Å². The minimum absolute atomic E-state index is 0.265. The molecule has 19 heavy (non-hydrogen) atoms. The maximum atomic E-state index is 13.0. The lowest BCUT2D eigenvalue weighted by atomic mass is 10.2. The Kier molecular flexibility index (Phi) is 2.76. The number of hydrogen-bond acceptors (Lipinski definition) is 3. The van der Waals surface area contributed by atoms with Crippen LogP contribution >= 0.6 is 0 Å². The molecule has 3 nitrogen and oxygen atoms in total. The van der Waals surface area contributed by atoms with Crippen molar-refractivity contribution in [1.29, 1.82) is 0 Å². The molecule has 0 saturated carbocycles. The van der Waals surface area contributed by atoms with E-state index in [0.29, 0.717) is 11.5 Å². The third kappa shape index (κ3) is 2.20. The Bertz CT molecular complexity index is 738. The highest BCUT2D eigenvalue weighted by Gasteiger charge is 2.07. The zero-order valence-corrected chi connectivity index (χ0v) is 10.0. The Morgan fingerprint density at radius 1 is 1.00 bits per heavy atom. The van der Waals surface area contributed by atoms with E-state index in [1.165, 1.54) is 18.2 Å². The lowest BCUT2D eigenvalue weighted by Gasteiger charge is -2.10. The van der Waals surface area contributed by atoms with Crippen LogP contribution in [0.25, 0.3) is 10.9 Å². The van der Waals surface area contributed by atoms with E-state index in [1.807, 2.05) is 24.3 Å². The van der Waals surface area contributed by atoms with Crippen LogP contribution in [0.3, 0.4) is 0 Å². The van der Waals surface area contributed by atoms with Gasteiger partial charge in [0.2, 0.25) is 0 Å². The lowest BCUT2D eigenvalue weighted by molar-refractivity contribution is 0.488. The molecule has 3 rings (SSSR count). The van der Waals surface area contributed by atoms with Gasteiger partial charge in [-0.15, -0.1) is 0 Å². The first kappa shape index (κ1) is 11.5. The second-order valence-electron chi connectivity index (χ2n) is 4.11. The number of aromatic nitrogens is 1. The van der Waals surface area contributed by atoms with Gasteiger partial charge in [-0.1, -0.05) is 12.1 Å². The first-order valence-electron chi connectivity index (χ1n) is 5.81. The molecule has 0 fully saturated rings. The van der Waals surface area contributed by atoms with Gasteiger partial charge in [-0.3, -0.25) is 4.98 Å². The van der Waals surface area contributed by atoms with Gasteiger partial charge in [0.05, 0.1) is 11.2 Å². The van der Waals surface area contributed by atoms with E-state index in [1.54, 1.807) is 12.3 Å². The fraction of sp³-hybridized carbons (Fsp3) is 0. The number of halogens is 1. The van der Waals surface area contributed by atoms with Crippen molar-refractivity contribution in [2.24, 2.45) is 0 Å². The van der Waals surface area contributed by atoms with Crippen molar-refractivity contribution in [2.75, 3.05) is 5.73 Å². The number of nitrogens with zero attached hydrogens (tertiary/aromatic N) is 1. The van der Waals surface area contributed by atoms with Crippen molar-refractivity contribution in [3.63, 3.8) is 0 Å². The molecule has 3 aromatic rings. The van der Waals surface area contributed by atoms with Gasteiger partial charge in [0, 0.05) is 17.6 Å². The number of benzene rings is 2. The van der Waals surface area contributed by atoms with Crippen LogP contribution in [0.1, 0.15) is 0 Å². The second-order valence-corrected chi connectivity index (χ2v) is 4.11. The molecular weight excluding hydrogens is 243 g/mol. The summed E-state index contributed by atoms with van der Waals surface area (Å²) in [5, 5.41) is 0.883. The molecule has 1 aromatic heterocycles. The molecule has 0 aliphatic carbocycles. The number of nitrogen functional groups attached to an aromatic ring is 1. The molecule has 0 aliphatic rings. The standard InChI is InChI=1S/C15H11FN2O/c16-10-5-6-15(12(17)9-10)19-14-7-8-18-13-4-2-1-3-11(13)14/h1-9H,17H2. The quantitative estimate of drug-likeness (QED) is 0.708. The van der Waals surface area contributed by atoms with Crippen LogP contribution < -0.4 is 10.5 Å². The molecule has 0 bridgehead atoms. The van der Waals surface area contributed by atoms with E-state index in [4.69, 9.17) is 10.5 Å². The zero-order valence-electron chi connectivity index (χ0n) is 10.0. The molecular formula is C15H11FN2O. The van der Waals surface area contributed by atoms with Crippen molar-refractivity contribution in [3.8, 4) is 11.5 Å². The van der Waals surface area contributed by atoms with Gasteiger partial charge in [0.15, 0.2) is 5.75 Å². The molecule has 0 saturated heterocycles. The molecule has 94 valence electrons. The zero-order chi connectivity index (χ0) is 13.2. The number of fused-ring (bicyclic) bond motifs is 1. The van der Waals surface area contributed by atoms with Crippen LogP contribution in [0, 0.1) is 5.82 Å². The molecule has 0 unspecified atom stereocenters. The molecule has 4 heteroatoms. The minimum atomic E-state index is -0.385. The first-order chi connectivity index (χ1) is 9.24. The fourth-order valence-electron chi connectivity index (χ4n) is 1.89. The van der Waals surface area contributed by atoms with Gasteiger partial charge in [-0.25, -0.2) is 4.39 Å². The number of rotatable bonds is 2. The van der Waals surface area contributed by atoms with E-state index in [2.05, 4.69) is 4.98 Å².